The molecule has 0 bridgehead atoms. The van der Waals surface area contributed by atoms with Crippen molar-refractivity contribution in [2.75, 3.05) is 13.1 Å². The fourth-order valence-corrected chi connectivity index (χ4v) is 3.79. The van der Waals surface area contributed by atoms with Crippen molar-refractivity contribution < 1.29 is 4.79 Å². The van der Waals surface area contributed by atoms with Gasteiger partial charge in [-0.2, -0.15) is 0 Å². The zero-order chi connectivity index (χ0) is 11.7. The van der Waals surface area contributed by atoms with Gasteiger partial charge in [0.05, 0.1) is 12.0 Å². The molecule has 2 aliphatic rings. The first-order chi connectivity index (χ1) is 8.34. The van der Waals surface area contributed by atoms with E-state index in [0.29, 0.717) is 0 Å². The van der Waals surface area contributed by atoms with Crippen LogP contribution in [0.2, 0.25) is 0 Å². The van der Waals surface area contributed by atoms with E-state index in [2.05, 4.69) is 22.1 Å². The summed E-state index contributed by atoms with van der Waals surface area (Å²) in [6, 6.07) is 2.44. The van der Waals surface area contributed by atoms with Gasteiger partial charge in [-0.25, -0.2) is 0 Å². The van der Waals surface area contributed by atoms with Gasteiger partial charge >= 0.3 is 0 Å². The summed E-state index contributed by atoms with van der Waals surface area (Å²) in [5.74, 6) is 0.415. The Labute approximate surface area is 118 Å². The molecule has 1 aromatic rings. The maximum absolute atomic E-state index is 12.1. The van der Waals surface area contributed by atoms with Crippen LogP contribution in [0.3, 0.4) is 0 Å². The highest BCUT2D eigenvalue weighted by Crippen LogP contribution is 2.33. The number of fused-ring (bicyclic) bond motifs is 1. The Kier molecular flexibility index (Phi) is 4.65. The SMILES string of the molecule is Cl.O=C(NC1CCCc2sccc21)C1CCNC1. The Bertz CT molecular complexity index is 415. The number of halogens is 1. The van der Waals surface area contributed by atoms with Crippen molar-refractivity contribution in [2.24, 2.45) is 5.92 Å². The molecule has 3 rings (SSSR count). The summed E-state index contributed by atoms with van der Waals surface area (Å²) in [4.78, 5) is 13.6. The Balaban J connectivity index is 0.00000120. The van der Waals surface area contributed by atoms with Gasteiger partial charge in [0.25, 0.3) is 0 Å². The summed E-state index contributed by atoms with van der Waals surface area (Å²) >= 11 is 1.82. The number of nitrogens with one attached hydrogen (secondary N) is 2. The third-order valence-corrected chi connectivity index (χ3v) is 4.80. The van der Waals surface area contributed by atoms with Crippen LogP contribution in [-0.2, 0) is 11.2 Å². The minimum atomic E-state index is 0. The Morgan fingerprint density at radius 2 is 2.33 bits per heavy atom. The number of aryl methyl sites for hydroxylation is 1. The van der Waals surface area contributed by atoms with Crippen molar-refractivity contribution in [3.05, 3.63) is 21.9 Å². The quantitative estimate of drug-likeness (QED) is 0.876. The van der Waals surface area contributed by atoms with E-state index in [4.69, 9.17) is 0 Å². The highest BCUT2D eigenvalue weighted by Gasteiger charge is 2.27. The van der Waals surface area contributed by atoms with E-state index in [1.807, 2.05) is 11.3 Å². The van der Waals surface area contributed by atoms with Crippen molar-refractivity contribution in [3.8, 4) is 0 Å². The van der Waals surface area contributed by atoms with Gasteiger partial charge in [-0.15, -0.1) is 23.7 Å². The molecule has 2 unspecified atom stereocenters. The molecule has 0 spiro atoms. The molecule has 1 fully saturated rings. The third-order valence-electron chi connectivity index (χ3n) is 3.80. The minimum Gasteiger partial charge on any atom is -0.349 e. The zero-order valence-corrected chi connectivity index (χ0v) is 11.9. The lowest BCUT2D eigenvalue weighted by molar-refractivity contribution is -0.125. The summed E-state index contributed by atoms with van der Waals surface area (Å²) < 4.78 is 0. The summed E-state index contributed by atoms with van der Waals surface area (Å²) in [5, 5.41) is 8.62. The number of amides is 1. The van der Waals surface area contributed by atoms with E-state index in [0.717, 1.165) is 25.9 Å². The lowest BCUT2D eigenvalue weighted by Crippen LogP contribution is -2.36. The van der Waals surface area contributed by atoms with Gasteiger partial charge in [0, 0.05) is 11.4 Å². The summed E-state index contributed by atoms with van der Waals surface area (Å²) in [7, 11) is 0. The second-order valence-electron chi connectivity index (χ2n) is 4.94. The van der Waals surface area contributed by atoms with Gasteiger partial charge in [0.1, 0.15) is 0 Å². The molecule has 100 valence electrons. The number of carbonyl (C=O) groups excluding carboxylic acids is 1. The average molecular weight is 287 g/mol. The number of thiophene rings is 1. The highest BCUT2D eigenvalue weighted by atomic mass is 35.5. The first-order valence-corrected chi connectivity index (χ1v) is 7.30. The largest absolute Gasteiger partial charge is 0.349 e. The van der Waals surface area contributed by atoms with Gasteiger partial charge in [-0.1, -0.05) is 0 Å². The monoisotopic (exact) mass is 286 g/mol. The topological polar surface area (TPSA) is 41.1 Å². The van der Waals surface area contributed by atoms with E-state index < -0.39 is 0 Å². The van der Waals surface area contributed by atoms with Crippen molar-refractivity contribution in [2.45, 2.75) is 31.7 Å². The van der Waals surface area contributed by atoms with Crippen LogP contribution < -0.4 is 10.6 Å². The predicted molar refractivity (Wildman–Crippen MR) is 76.4 cm³/mol. The molecule has 1 amide bonds. The smallest absolute Gasteiger partial charge is 0.224 e. The lowest BCUT2D eigenvalue weighted by Gasteiger charge is -2.25. The van der Waals surface area contributed by atoms with E-state index in [1.165, 1.54) is 23.3 Å². The molecule has 2 atom stereocenters. The molecule has 3 nitrogen and oxygen atoms in total. The lowest BCUT2D eigenvalue weighted by atomic mass is 9.93. The summed E-state index contributed by atoms with van der Waals surface area (Å²) in [5.41, 5.74) is 1.36. The van der Waals surface area contributed by atoms with Crippen LogP contribution in [0.15, 0.2) is 11.4 Å². The molecule has 18 heavy (non-hydrogen) atoms. The number of hydrogen-bond donors (Lipinski definition) is 2. The zero-order valence-electron chi connectivity index (χ0n) is 10.3. The number of carbonyl (C=O) groups is 1. The molecule has 5 heteroatoms. The molecule has 0 saturated carbocycles. The van der Waals surface area contributed by atoms with Gasteiger partial charge in [-0.3, -0.25) is 4.79 Å². The first kappa shape index (κ1) is 13.8. The molecule has 1 aliphatic carbocycles. The van der Waals surface area contributed by atoms with E-state index in [-0.39, 0.29) is 30.3 Å². The van der Waals surface area contributed by atoms with Crippen LogP contribution in [0.4, 0.5) is 0 Å². The average Bonchev–Trinajstić information content (AvgIpc) is 3.00. The number of hydrogen-bond acceptors (Lipinski definition) is 3. The van der Waals surface area contributed by atoms with Crippen molar-refractivity contribution in [1.29, 1.82) is 0 Å². The second-order valence-corrected chi connectivity index (χ2v) is 5.94. The van der Waals surface area contributed by atoms with Crippen molar-refractivity contribution in [1.82, 2.24) is 10.6 Å². The minimum absolute atomic E-state index is 0. The van der Waals surface area contributed by atoms with Gasteiger partial charge in [0.15, 0.2) is 0 Å². The van der Waals surface area contributed by atoms with Gasteiger partial charge in [0.2, 0.25) is 5.91 Å². The Morgan fingerprint density at radius 3 is 3.11 bits per heavy atom. The third kappa shape index (κ3) is 2.71. The molecule has 2 heterocycles. The molecular weight excluding hydrogens is 268 g/mol. The van der Waals surface area contributed by atoms with E-state index >= 15 is 0 Å². The normalized spacial score (nSPS) is 26.2. The molecular formula is C13H19ClN2OS. The van der Waals surface area contributed by atoms with Crippen LogP contribution in [0, 0.1) is 5.92 Å². The molecule has 1 aromatic heterocycles. The predicted octanol–water partition coefficient (Wildman–Crippen LogP) is 2.27. The molecule has 0 radical (unpaired) electrons. The van der Waals surface area contributed by atoms with Crippen LogP contribution in [0.25, 0.3) is 0 Å². The fourth-order valence-electron chi connectivity index (χ4n) is 2.80. The standard InChI is InChI=1S/C13H18N2OS.ClH/c16-13(9-4-6-14-8-9)15-11-2-1-3-12-10(11)5-7-17-12;/h5,7,9,11,14H,1-4,6,8H2,(H,15,16);1H. The molecule has 2 N–H and O–H groups in total. The summed E-state index contributed by atoms with van der Waals surface area (Å²) in [6.07, 6.45) is 4.45. The molecule has 1 saturated heterocycles. The van der Waals surface area contributed by atoms with E-state index in [1.54, 1.807) is 0 Å². The van der Waals surface area contributed by atoms with Crippen LogP contribution in [0.5, 0.6) is 0 Å². The fraction of sp³-hybridized carbons (Fsp3) is 0.615. The second kappa shape index (κ2) is 6.04. The van der Waals surface area contributed by atoms with Crippen molar-refractivity contribution in [3.63, 3.8) is 0 Å². The van der Waals surface area contributed by atoms with E-state index in [9.17, 15) is 4.79 Å². The Hall–Kier alpha value is -0.580. The molecule has 1 aliphatic heterocycles. The highest BCUT2D eigenvalue weighted by molar-refractivity contribution is 7.10. The maximum Gasteiger partial charge on any atom is 0.224 e. The van der Waals surface area contributed by atoms with Gasteiger partial charge < -0.3 is 10.6 Å². The van der Waals surface area contributed by atoms with Gasteiger partial charge in [-0.05, 0) is 49.2 Å². The Morgan fingerprint density at radius 1 is 1.44 bits per heavy atom. The van der Waals surface area contributed by atoms with Crippen LogP contribution in [0.1, 0.15) is 35.7 Å². The maximum atomic E-state index is 12.1. The number of rotatable bonds is 2. The van der Waals surface area contributed by atoms with Crippen molar-refractivity contribution >= 4 is 29.7 Å². The summed E-state index contributed by atoms with van der Waals surface area (Å²) in [6.45, 7) is 1.82. The van der Waals surface area contributed by atoms with Crippen LogP contribution in [-0.4, -0.2) is 19.0 Å². The molecule has 0 aromatic carbocycles. The van der Waals surface area contributed by atoms with Crippen LogP contribution >= 0.6 is 23.7 Å². The first-order valence-electron chi connectivity index (χ1n) is 6.42.